The highest BCUT2D eigenvalue weighted by molar-refractivity contribution is 7.99. The van der Waals surface area contributed by atoms with Gasteiger partial charge in [-0.05, 0) is 24.3 Å². The van der Waals surface area contributed by atoms with Gasteiger partial charge in [0, 0.05) is 37.8 Å². The molecule has 1 unspecified atom stereocenters. The summed E-state index contributed by atoms with van der Waals surface area (Å²) >= 11 is 1.72. The van der Waals surface area contributed by atoms with Crippen LogP contribution < -0.4 is 10.1 Å². The SMILES string of the molecule is Cl.O=C(COc1ccc(F)cc1)N1CCN(C(=O)C2CSCN2)CC1. The van der Waals surface area contributed by atoms with Crippen molar-refractivity contribution >= 4 is 36.0 Å². The zero-order chi connectivity index (χ0) is 16.9. The lowest BCUT2D eigenvalue weighted by molar-refractivity contribution is -0.141. The Kier molecular flexibility index (Phi) is 7.34. The van der Waals surface area contributed by atoms with Gasteiger partial charge in [0.1, 0.15) is 11.6 Å². The minimum Gasteiger partial charge on any atom is -0.484 e. The second-order valence-corrected chi connectivity index (χ2v) is 6.75. The van der Waals surface area contributed by atoms with Gasteiger partial charge in [0.05, 0.1) is 6.04 Å². The van der Waals surface area contributed by atoms with Crippen LogP contribution in [0.3, 0.4) is 0 Å². The number of carbonyl (C=O) groups is 2. The molecule has 0 saturated carbocycles. The number of ether oxygens (including phenoxy) is 1. The lowest BCUT2D eigenvalue weighted by Gasteiger charge is -2.35. The van der Waals surface area contributed by atoms with E-state index in [1.165, 1.54) is 24.3 Å². The second kappa shape index (κ2) is 9.26. The number of thioether (sulfide) groups is 1. The van der Waals surface area contributed by atoms with E-state index in [4.69, 9.17) is 4.74 Å². The van der Waals surface area contributed by atoms with Crippen molar-refractivity contribution in [2.45, 2.75) is 6.04 Å². The maximum atomic E-state index is 12.8. The number of nitrogens with zero attached hydrogens (tertiary/aromatic N) is 2. The molecule has 2 heterocycles. The molecule has 2 amide bonds. The maximum absolute atomic E-state index is 12.8. The molecule has 2 aliphatic rings. The molecule has 2 aliphatic heterocycles. The summed E-state index contributed by atoms with van der Waals surface area (Å²) in [7, 11) is 0. The first-order chi connectivity index (χ1) is 11.6. The van der Waals surface area contributed by atoms with Gasteiger partial charge in [0.2, 0.25) is 5.91 Å². The van der Waals surface area contributed by atoms with Crippen molar-refractivity contribution in [3.8, 4) is 5.75 Å². The summed E-state index contributed by atoms with van der Waals surface area (Å²) in [4.78, 5) is 28.0. The summed E-state index contributed by atoms with van der Waals surface area (Å²) in [6, 6.07) is 5.47. The Morgan fingerprint density at radius 1 is 1.16 bits per heavy atom. The van der Waals surface area contributed by atoms with Gasteiger partial charge in [0.25, 0.3) is 5.91 Å². The molecule has 6 nitrogen and oxygen atoms in total. The Hall–Kier alpha value is -1.51. The van der Waals surface area contributed by atoms with Crippen LogP contribution >= 0.6 is 24.2 Å². The molecule has 0 bridgehead atoms. The van der Waals surface area contributed by atoms with Crippen LogP contribution in [0.1, 0.15) is 0 Å². The molecule has 3 rings (SSSR count). The van der Waals surface area contributed by atoms with Crippen molar-refractivity contribution < 1.29 is 18.7 Å². The molecule has 0 aromatic heterocycles. The van der Waals surface area contributed by atoms with Crippen molar-refractivity contribution in [1.29, 1.82) is 0 Å². The van der Waals surface area contributed by atoms with Crippen LogP contribution in [0.4, 0.5) is 4.39 Å². The quantitative estimate of drug-likeness (QED) is 0.831. The van der Waals surface area contributed by atoms with E-state index in [9.17, 15) is 14.0 Å². The van der Waals surface area contributed by atoms with Gasteiger partial charge in [-0.15, -0.1) is 24.2 Å². The van der Waals surface area contributed by atoms with Crippen LogP contribution in [-0.2, 0) is 9.59 Å². The third-order valence-electron chi connectivity index (χ3n) is 4.13. The number of halogens is 2. The van der Waals surface area contributed by atoms with Crippen LogP contribution in [0.5, 0.6) is 5.75 Å². The molecule has 0 aliphatic carbocycles. The fourth-order valence-electron chi connectivity index (χ4n) is 2.72. The Bertz CT molecular complexity index is 591. The van der Waals surface area contributed by atoms with Gasteiger partial charge in [0.15, 0.2) is 6.61 Å². The number of benzene rings is 1. The van der Waals surface area contributed by atoms with Crippen molar-refractivity contribution in [1.82, 2.24) is 15.1 Å². The van der Waals surface area contributed by atoms with Crippen molar-refractivity contribution in [2.24, 2.45) is 0 Å². The molecule has 1 N–H and O–H groups in total. The summed E-state index contributed by atoms with van der Waals surface area (Å²) in [6.45, 7) is 2.03. The molecule has 2 fully saturated rings. The summed E-state index contributed by atoms with van der Waals surface area (Å²) in [5, 5.41) is 3.17. The van der Waals surface area contributed by atoms with Crippen LogP contribution in [0.2, 0.25) is 0 Å². The van der Waals surface area contributed by atoms with E-state index < -0.39 is 0 Å². The largest absolute Gasteiger partial charge is 0.484 e. The average molecular weight is 390 g/mol. The molecule has 2 saturated heterocycles. The Labute approximate surface area is 156 Å². The zero-order valence-electron chi connectivity index (χ0n) is 13.7. The van der Waals surface area contributed by atoms with Crippen molar-refractivity contribution in [2.75, 3.05) is 44.4 Å². The summed E-state index contributed by atoms with van der Waals surface area (Å²) < 4.78 is 18.2. The van der Waals surface area contributed by atoms with Gasteiger partial charge < -0.3 is 14.5 Å². The topological polar surface area (TPSA) is 61.9 Å². The first-order valence-electron chi connectivity index (χ1n) is 7.89. The van der Waals surface area contributed by atoms with Gasteiger partial charge >= 0.3 is 0 Å². The molecule has 138 valence electrons. The number of hydrogen-bond donors (Lipinski definition) is 1. The summed E-state index contributed by atoms with van der Waals surface area (Å²) in [5.74, 6) is 1.74. The van der Waals surface area contributed by atoms with E-state index in [2.05, 4.69) is 5.32 Å². The fraction of sp³-hybridized carbons (Fsp3) is 0.500. The Morgan fingerprint density at radius 2 is 1.80 bits per heavy atom. The number of piperazine rings is 1. The van der Waals surface area contributed by atoms with E-state index in [-0.39, 0.29) is 42.7 Å². The Balaban J connectivity index is 0.00000225. The predicted octanol–water partition coefficient (Wildman–Crippen LogP) is 0.960. The van der Waals surface area contributed by atoms with Crippen molar-refractivity contribution in [3.05, 3.63) is 30.1 Å². The molecular formula is C16H21ClFN3O3S. The molecule has 1 aromatic rings. The fourth-order valence-corrected chi connectivity index (χ4v) is 3.65. The van der Waals surface area contributed by atoms with Crippen LogP contribution in [0.15, 0.2) is 24.3 Å². The van der Waals surface area contributed by atoms with E-state index in [1.54, 1.807) is 16.7 Å². The molecule has 9 heteroatoms. The number of hydrogen-bond acceptors (Lipinski definition) is 5. The number of carbonyl (C=O) groups excluding carboxylic acids is 2. The predicted molar refractivity (Wildman–Crippen MR) is 96.6 cm³/mol. The van der Waals surface area contributed by atoms with E-state index >= 15 is 0 Å². The summed E-state index contributed by atoms with van der Waals surface area (Å²) in [6.07, 6.45) is 0. The number of amides is 2. The third-order valence-corrected chi connectivity index (χ3v) is 5.07. The van der Waals surface area contributed by atoms with Crippen LogP contribution in [0, 0.1) is 5.82 Å². The van der Waals surface area contributed by atoms with E-state index in [1.807, 2.05) is 4.90 Å². The first-order valence-corrected chi connectivity index (χ1v) is 9.05. The van der Waals surface area contributed by atoms with Crippen LogP contribution in [-0.4, -0.2) is 72.1 Å². The lowest BCUT2D eigenvalue weighted by atomic mass is 10.2. The lowest BCUT2D eigenvalue weighted by Crippen LogP contribution is -2.55. The highest BCUT2D eigenvalue weighted by atomic mass is 35.5. The number of nitrogens with one attached hydrogen (secondary N) is 1. The van der Waals surface area contributed by atoms with Crippen LogP contribution in [0.25, 0.3) is 0 Å². The molecular weight excluding hydrogens is 369 g/mol. The standard InChI is InChI=1S/C16H20FN3O3S.ClH/c17-12-1-3-13(4-2-12)23-9-15(21)19-5-7-20(8-6-19)16(22)14-10-24-11-18-14;/h1-4,14,18H,5-11H2;1H. The third kappa shape index (κ3) is 5.23. The average Bonchev–Trinajstić information content (AvgIpc) is 3.15. The second-order valence-electron chi connectivity index (χ2n) is 5.72. The first kappa shape index (κ1) is 19.8. The molecule has 25 heavy (non-hydrogen) atoms. The number of rotatable bonds is 4. The molecule has 0 radical (unpaired) electrons. The monoisotopic (exact) mass is 389 g/mol. The normalized spacial score (nSPS) is 20.1. The van der Waals surface area contributed by atoms with Gasteiger partial charge in [-0.3, -0.25) is 14.9 Å². The van der Waals surface area contributed by atoms with Gasteiger partial charge in [-0.1, -0.05) is 0 Å². The van der Waals surface area contributed by atoms with Crippen molar-refractivity contribution in [3.63, 3.8) is 0 Å². The highest BCUT2D eigenvalue weighted by Gasteiger charge is 2.30. The van der Waals surface area contributed by atoms with Gasteiger partial charge in [-0.25, -0.2) is 4.39 Å². The highest BCUT2D eigenvalue weighted by Crippen LogP contribution is 2.14. The minimum absolute atomic E-state index is 0. The molecule has 0 spiro atoms. The van der Waals surface area contributed by atoms with E-state index in [0.717, 1.165) is 11.6 Å². The minimum atomic E-state index is -0.343. The zero-order valence-corrected chi connectivity index (χ0v) is 15.3. The molecule has 1 aromatic carbocycles. The molecule has 1 atom stereocenters. The smallest absolute Gasteiger partial charge is 0.260 e. The summed E-state index contributed by atoms with van der Waals surface area (Å²) in [5.41, 5.74) is 0. The van der Waals surface area contributed by atoms with E-state index in [0.29, 0.717) is 31.9 Å². The Morgan fingerprint density at radius 3 is 2.40 bits per heavy atom. The van der Waals surface area contributed by atoms with Gasteiger partial charge in [-0.2, -0.15) is 0 Å². The maximum Gasteiger partial charge on any atom is 0.260 e.